The first-order valence-corrected chi connectivity index (χ1v) is 5.67. The number of aromatic amines is 1. The van der Waals surface area contributed by atoms with E-state index in [0.29, 0.717) is 22.1 Å². The van der Waals surface area contributed by atoms with Crippen LogP contribution in [-0.2, 0) is 0 Å². The number of nitrogens with zero attached hydrogens (tertiary/aromatic N) is 3. The summed E-state index contributed by atoms with van der Waals surface area (Å²) in [5.41, 5.74) is 6.17. The zero-order valence-corrected chi connectivity index (χ0v) is 10.3. The number of nitrogens with one attached hydrogen (secondary N) is 1. The summed E-state index contributed by atoms with van der Waals surface area (Å²) in [6.45, 7) is 0. The normalized spacial score (nSPS) is 10.8. The molecule has 0 radical (unpaired) electrons. The van der Waals surface area contributed by atoms with Crippen LogP contribution in [0.3, 0.4) is 0 Å². The minimum Gasteiger partial charge on any atom is -0.437 e. The molecule has 1 aromatic carbocycles. The molecule has 19 heavy (non-hydrogen) atoms. The van der Waals surface area contributed by atoms with Gasteiger partial charge in [0.05, 0.1) is 5.02 Å². The number of benzene rings is 1. The van der Waals surface area contributed by atoms with Crippen LogP contribution in [0, 0.1) is 0 Å². The fourth-order valence-corrected chi connectivity index (χ4v) is 1.79. The smallest absolute Gasteiger partial charge is 0.348 e. The van der Waals surface area contributed by atoms with Gasteiger partial charge in [-0.15, -0.1) is 0 Å². The van der Waals surface area contributed by atoms with E-state index in [1.807, 2.05) is 0 Å². The molecule has 0 saturated heterocycles. The Kier molecular flexibility index (Phi) is 2.60. The van der Waals surface area contributed by atoms with Gasteiger partial charge in [-0.3, -0.25) is 0 Å². The lowest BCUT2D eigenvalue weighted by Crippen LogP contribution is -2.09. The van der Waals surface area contributed by atoms with Crippen molar-refractivity contribution in [2.24, 2.45) is 0 Å². The third kappa shape index (κ3) is 2.11. The van der Waals surface area contributed by atoms with Gasteiger partial charge in [0, 0.05) is 11.8 Å². The molecule has 0 aliphatic heterocycles. The van der Waals surface area contributed by atoms with E-state index in [4.69, 9.17) is 22.1 Å². The van der Waals surface area contributed by atoms with Crippen molar-refractivity contribution >= 4 is 22.9 Å². The fourth-order valence-electron chi connectivity index (χ4n) is 1.56. The Morgan fingerprint density at radius 1 is 1.37 bits per heavy atom. The molecule has 3 aromatic rings. The van der Waals surface area contributed by atoms with Gasteiger partial charge < -0.3 is 10.5 Å². The molecule has 2 aromatic heterocycles. The van der Waals surface area contributed by atoms with E-state index in [0.717, 1.165) is 0 Å². The van der Waals surface area contributed by atoms with Crippen LogP contribution in [0.15, 0.2) is 35.4 Å². The number of fused-ring (bicyclic) bond motifs is 1. The van der Waals surface area contributed by atoms with Gasteiger partial charge in [-0.2, -0.15) is 5.10 Å². The summed E-state index contributed by atoms with van der Waals surface area (Å²) < 4.78 is 6.77. The summed E-state index contributed by atoms with van der Waals surface area (Å²) in [5, 5.41) is 6.49. The molecule has 0 spiro atoms. The Balaban J connectivity index is 1.98. The highest BCUT2D eigenvalue weighted by molar-refractivity contribution is 6.32. The maximum absolute atomic E-state index is 11.3. The molecule has 2 heterocycles. The largest absolute Gasteiger partial charge is 0.437 e. The van der Waals surface area contributed by atoms with Crippen molar-refractivity contribution in [1.82, 2.24) is 19.6 Å². The Morgan fingerprint density at radius 2 is 2.21 bits per heavy atom. The van der Waals surface area contributed by atoms with E-state index in [1.54, 1.807) is 18.2 Å². The molecule has 0 saturated carbocycles. The van der Waals surface area contributed by atoms with Gasteiger partial charge in [-0.1, -0.05) is 11.6 Å². The Labute approximate surface area is 111 Å². The number of hydrogen-bond acceptors (Lipinski definition) is 5. The summed E-state index contributed by atoms with van der Waals surface area (Å²) in [4.78, 5) is 15.3. The maximum Gasteiger partial charge on any atom is 0.348 e. The quantitative estimate of drug-likeness (QED) is 0.691. The highest BCUT2D eigenvalue weighted by atomic mass is 35.5. The molecular weight excluding hydrogens is 270 g/mol. The van der Waals surface area contributed by atoms with Crippen molar-refractivity contribution in [2.75, 3.05) is 5.73 Å². The van der Waals surface area contributed by atoms with Crippen molar-refractivity contribution in [3.8, 4) is 11.6 Å². The number of nitrogens with two attached hydrogens (primary N) is 1. The van der Waals surface area contributed by atoms with Crippen LogP contribution in [0.4, 0.5) is 5.69 Å². The van der Waals surface area contributed by atoms with Crippen molar-refractivity contribution in [3.05, 3.63) is 46.1 Å². The molecule has 0 atom stereocenters. The Morgan fingerprint density at radius 3 is 3.00 bits per heavy atom. The molecular formula is C11H8ClN5O2. The Bertz CT molecular complexity index is 810. The van der Waals surface area contributed by atoms with Gasteiger partial charge in [0.25, 0.3) is 0 Å². The van der Waals surface area contributed by atoms with Crippen LogP contribution in [0.25, 0.3) is 5.65 Å². The number of nitrogen functional groups attached to an aromatic ring is 1. The average molecular weight is 278 g/mol. The second kappa shape index (κ2) is 4.29. The van der Waals surface area contributed by atoms with Crippen LogP contribution in [0.5, 0.6) is 11.6 Å². The maximum atomic E-state index is 11.3. The highest BCUT2D eigenvalue weighted by Gasteiger charge is 2.07. The molecule has 8 heteroatoms. The lowest BCUT2D eigenvalue weighted by molar-refractivity contribution is 0.462. The van der Waals surface area contributed by atoms with E-state index >= 15 is 0 Å². The standard InChI is InChI=1S/C11H8ClN5O2/c12-7-3-6(13)1-2-8(7)19-10-4-9-15-16-11(18)17(9)5-14-10/h1-5H,13H2,(H,16,18). The molecule has 0 fully saturated rings. The van der Waals surface area contributed by atoms with Crippen LogP contribution in [0.1, 0.15) is 0 Å². The van der Waals surface area contributed by atoms with E-state index in [2.05, 4.69) is 15.2 Å². The molecule has 0 aliphatic rings. The third-order valence-corrected chi connectivity index (χ3v) is 2.75. The van der Waals surface area contributed by atoms with Crippen molar-refractivity contribution in [1.29, 1.82) is 0 Å². The molecule has 96 valence electrons. The van der Waals surface area contributed by atoms with Gasteiger partial charge >= 0.3 is 5.69 Å². The molecule has 0 amide bonds. The fraction of sp³-hybridized carbons (Fsp3) is 0. The number of ether oxygens (including phenoxy) is 1. The molecule has 0 aliphatic carbocycles. The summed E-state index contributed by atoms with van der Waals surface area (Å²) in [6.07, 6.45) is 1.32. The van der Waals surface area contributed by atoms with Gasteiger partial charge in [0.15, 0.2) is 5.65 Å². The number of hydrogen-bond donors (Lipinski definition) is 2. The first kappa shape index (κ1) is 11.5. The van der Waals surface area contributed by atoms with Gasteiger partial charge in [0.2, 0.25) is 5.88 Å². The summed E-state index contributed by atoms with van der Waals surface area (Å²) in [7, 11) is 0. The first-order chi connectivity index (χ1) is 9.13. The number of H-pyrrole nitrogens is 1. The lowest BCUT2D eigenvalue weighted by Gasteiger charge is -2.06. The number of rotatable bonds is 2. The average Bonchev–Trinajstić information content (AvgIpc) is 2.74. The summed E-state index contributed by atoms with van der Waals surface area (Å²) >= 11 is 5.99. The topological polar surface area (TPSA) is 98.3 Å². The monoisotopic (exact) mass is 277 g/mol. The third-order valence-electron chi connectivity index (χ3n) is 2.46. The predicted octanol–water partition coefficient (Wildman–Crippen LogP) is 1.45. The van der Waals surface area contributed by atoms with Crippen LogP contribution in [0.2, 0.25) is 5.02 Å². The van der Waals surface area contributed by atoms with Crippen LogP contribution >= 0.6 is 11.6 Å². The lowest BCUT2D eigenvalue weighted by atomic mass is 10.3. The first-order valence-electron chi connectivity index (χ1n) is 5.29. The number of aromatic nitrogens is 4. The SMILES string of the molecule is Nc1ccc(Oc2cc3n[nH]c(=O)n3cn2)c(Cl)c1. The van der Waals surface area contributed by atoms with Crippen LogP contribution in [-0.4, -0.2) is 19.6 Å². The molecule has 3 rings (SSSR count). The highest BCUT2D eigenvalue weighted by Crippen LogP contribution is 2.29. The van der Waals surface area contributed by atoms with Gasteiger partial charge in [-0.05, 0) is 18.2 Å². The molecule has 7 nitrogen and oxygen atoms in total. The zero-order valence-electron chi connectivity index (χ0n) is 9.50. The van der Waals surface area contributed by atoms with E-state index in [1.165, 1.54) is 16.8 Å². The number of halogens is 1. The minimum atomic E-state index is -0.362. The van der Waals surface area contributed by atoms with Crippen LogP contribution < -0.4 is 16.2 Å². The molecule has 0 bridgehead atoms. The van der Waals surface area contributed by atoms with Gasteiger partial charge in [0.1, 0.15) is 12.1 Å². The second-order valence-corrected chi connectivity index (χ2v) is 4.18. The minimum absolute atomic E-state index is 0.276. The predicted molar refractivity (Wildman–Crippen MR) is 69.5 cm³/mol. The molecule has 3 N–H and O–H groups in total. The Hall–Kier alpha value is -2.54. The molecule has 0 unspecified atom stereocenters. The van der Waals surface area contributed by atoms with Gasteiger partial charge in [-0.25, -0.2) is 19.3 Å². The zero-order chi connectivity index (χ0) is 13.4. The van der Waals surface area contributed by atoms with E-state index in [-0.39, 0.29) is 11.6 Å². The van der Waals surface area contributed by atoms with Crippen molar-refractivity contribution in [3.63, 3.8) is 0 Å². The van der Waals surface area contributed by atoms with Crippen molar-refractivity contribution in [2.45, 2.75) is 0 Å². The second-order valence-electron chi connectivity index (χ2n) is 3.78. The number of anilines is 1. The van der Waals surface area contributed by atoms with E-state index < -0.39 is 0 Å². The summed E-state index contributed by atoms with van der Waals surface area (Å²) in [5.74, 6) is 0.698. The van der Waals surface area contributed by atoms with E-state index in [9.17, 15) is 4.79 Å². The van der Waals surface area contributed by atoms with Crippen molar-refractivity contribution < 1.29 is 4.74 Å². The summed E-state index contributed by atoms with van der Waals surface area (Å²) in [6, 6.07) is 6.40.